The predicted molar refractivity (Wildman–Crippen MR) is 70.3 cm³/mol. The number of benzene rings is 1. The number of hydrogen-bond donors (Lipinski definition) is 1. The maximum absolute atomic E-state index is 13.1. The lowest BCUT2D eigenvalue weighted by atomic mass is 10.0. The molecule has 0 aliphatic carbocycles. The zero-order chi connectivity index (χ0) is 12.3. The number of rotatable bonds is 3. The molecule has 1 atom stereocenters. The van der Waals surface area contributed by atoms with Gasteiger partial charge < -0.3 is 5.73 Å². The van der Waals surface area contributed by atoms with Gasteiger partial charge in [0.15, 0.2) is 0 Å². The fraction of sp³-hybridized carbons (Fsp3) is 0.538. The molecule has 1 aromatic rings. The van der Waals surface area contributed by atoms with Crippen LogP contribution in [0.25, 0.3) is 0 Å². The van der Waals surface area contributed by atoms with Crippen LogP contribution in [0.2, 0.25) is 0 Å². The van der Waals surface area contributed by atoms with Gasteiger partial charge in [-0.3, -0.25) is 0 Å². The molecule has 1 unspecified atom stereocenters. The molecule has 3 heteroatoms. The number of aryl methyl sites for hydroxylation is 1. The third-order valence-electron chi connectivity index (χ3n) is 2.34. The predicted octanol–water partition coefficient (Wildman–Crippen LogP) is 3.67. The lowest BCUT2D eigenvalue weighted by Gasteiger charge is -2.21. The minimum Gasteiger partial charge on any atom is -0.323 e. The summed E-state index contributed by atoms with van der Waals surface area (Å²) in [6.07, 6.45) is 0. The van der Waals surface area contributed by atoms with Gasteiger partial charge in [-0.2, -0.15) is 11.8 Å². The van der Waals surface area contributed by atoms with Crippen LogP contribution in [-0.4, -0.2) is 10.5 Å². The van der Waals surface area contributed by atoms with Gasteiger partial charge in [0.05, 0.1) is 0 Å². The second kappa shape index (κ2) is 5.19. The Kier molecular flexibility index (Phi) is 4.39. The van der Waals surface area contributed by atoms with Crippen molar-refractivity contribution in [2.45, 2.75) is 38.5 Å². The van der Waals surface area contributed by atoms with Gasteiger partial charge in [-0.1, -0.05) is 26.8 Å². The molecule has 0 aromatic heterocycles. The van der Waals surface area contributed by atoms with Gasteiger partial charge in [0.25, 0.3) is 0 Å². The second-order valence-electron chi connectivity index (χ2n) is 5.03. The van der Waals surface area contributed by atoms with Gasteiger partial charge in [0.2, 0.25) is 0 Å². The van der Waals surface area contributed by atoms with Crippen molar-refractivity contribution in [3.8, 4) is 0 Å². The molecule has 0 bridgehead atoms. The Hall–Kier alpha value is -0.540. The molecule has 0 aliphatic rings. The Labute approximate surface area is 102 Å². The van der Waals surface area contributed by atoms with Crippen LogP contribution in [0.1, 0.15) is 37.9 Å². The van der Waals surface area contributed by atoms with Gasteiger partial charge in [-0.25, -0.2) is 4.39 Å². The van der Waals surface area contributed by atoms with Gasteiger partial charge in [-0.05, 0) is 30.2 Å². The van der Waals surface area contributed by atoms with Crippen molar-refractivity contribution >= 4 is 11.8 Å². The quantitative estimate of drug-likeness (QED) is 0.874. The topological polar surface area (TPSA) is 26.0 Å². The highest BCUT2D eigenvalue weighted by Crippen LogP contribution is 2.28. The molecule has 0 spiro atoms. The van der Waals surface area contributed by atoms with E-state index < -0.39 is 0 Å². The Morgan fingerprint density at radius 1 is 1.38 bits per heavy atom. The largest absolute Gasteiger partial charge is 0.323 e. The molecule has 16 heavy (non-hydrogen) atoms. The summed E-state index contributed by atoms with van der Waals surface area (Å²) in [6.45, 7) is 8.44. The Morgan fingerprint density at radius 3 is 2.56 bits per heavy atom. The number of hydrogen-bond acceptors (Lipinski definition) is 2. The maximum atomic E-state index is 13.1. The number of thioether (sulfide) groups is 1. The molecule has 0 saturated heterocycles. The SMILES string of the molecule is Cc1ccc(F)cc1C(N)CSC(C)(C)C. The van der Waals surface area contributed by atoms with Gasteiger partial charge in [0, 0.05) is 16.5 Å². The minimum atomic E-state index is -0.211. The summed E-state index contributed by atoms with van der Waals surface area (Å²) in [5.74, 6) is 0.602. The van der Waals surface area contributed by atoms with Crippen LogP contribution in [0.5, 0.6) is 0 Å². The van der Waals surface area contributed by atoms with Crippen molar-refractivity contribution in [2.75, 3.05) is 5.75 Å². The Balaban J connectivity index is 2.73. The molecule has 1 nitrogen and oxygen atoms in total. The fourth-order valence-electron chi connectivity index (χ4n) is 1.44. The molecule has 0 heterocycles. The summed E-state index contributed by atoms with van der Waals surface area (Å²) in [5, 5.41) is 0. The Morgan fingerprint density at radius 2 is 2.00 bits per heavy atom. The number of nitrogens with two attached hydrogens (primary N) is 1. The molecular formula is C13H20FNS. The normalized spacial score (nSPS) is 13.9. The highest BCUT2D eigenvalue weighted by molar-refractivity contribution is 8.00. The summed E-state index contributed by atoms with van der Waals surface area (Å²) < 4.78 is 13.3. The summed E-state index contributed by atoms with van der Waals surface area (Å²) >= 11 is 1.80. The van der Waals surface area contributed by atoms with E-state index in [4.69, 9.17) is 5.73 Å². The average Bonchev–Trinajstić information content (AvgIpc) is 2.17. The van der Waals surface area contributed by atoms with Crippen LogP contribution in [0.3, 0.4) is 0 Å². The standard InChI is InChI=1S/C13H20FNS/c1-9-5-6-10(14)7-11(9)12(15)8-16-13(2,3)4/h5-7,12H,8,15H2,1-4H3. The van der Waals surface area contributed by atoms with Crippen molar-refractivity contribution in [1.82, 2.24) is 0 Å². The van der Waals surface area contributed by atoms with Crippen LogP contribution < -0.4 is 5.73 Å². The van der Waals surface area contributed by atoms with Crippen LogP contribution in [-0.2, 0) is 0 Å². The summed E-state index contributed by atoms with van der Waals surface area (Å²) in [4.78, 5) is 0. The first kappa shape index (κ1) is 13.5. The third kappa shape index (κ3) is 4.14. The van der Waals surface area contributed by atoms with Crippen LogP contribution >= 0.6 is 11.8 Å². The molecular weight excluding hydrogens is 221 g/mol. The first-order valence-electron chi connectivity index (χ1n) is 5.45. The fourth-order valence-corrected chi connectivity index (χ4v) is 2.30. The van der Waals surface area contributed by atoms with Crippen molar-refractivity contribution < 1.29 is 4.39 Å². The zero-order valence-corrected chi connectivity index (χ0v) is 11.2. The van der Waals surface area contributed by atoms with Gasteiger partial charge in [0.1, 0.15) is 5.82 Å². The Bertz CT molecular complexity index is 357. The highest BCUT2D eigenvalue weighted by atomic mass is 32.2. The van der Waals surface area contributed by atoms with E-state index in [-0.39, 0.29) is 16.6 Å². The molecule has 0 amide bonds. The van der Waals surface area contributed by atoms with E-state index in [1.165, 1.54) is 6.07 Å². The first-order valence-corrected chi connectivity index (χ1v) is 6.44. The second-order valence-corrected chi connectivity index (χ2v) is 6.88. The van der Waals surface area contributed by atoms with Crippen molar-refractivity contribution in [3.05, 3.63) is 35.1 Å². The highest BCUT2D eigenvalue weighted by Gasteiger charge is 2.15. The molecule has 1 rings (SSSR count). The third-order valence-corrected chi connectivity index (χ3v) is 3.73. The van der Waals surface area contributed by atoms with Crippen LogP contribution in [0, 0.1) is 12.7 Å². The molecule has 0 fully saturated rings. The number of halogens is 1. The maximum Gasteiger partial charge on any atom is 0.123 e. The van der Waals surface area contributed by atoms with Crippen LogP contribution in [0.4, 0.5) is 4.39 Å². The molecule has 0 aliphatic heterocycles. The summed E-state index contributed by atoms with van der Waals surface area (Å²) in [5.41, 5.74) is 8.06. The van der Waals surface area contributed by atoms with E-state index in [0.29, 0.717) is 0 Å². The van der Waals surface area contributed by atoms with Crippen molar-refractivity contribution in [2.24, 2.45) is 5.73 Å². The smallest absolute Gasteiger partial charge is 0.123 e. The van der Waals surface area contributed by atoms with E-state index in [2.05, 4.69) is 20.8 Å². The van der Waals surface area contributed by atoms with Crippen LogP contribution in [0.15, 0.2) is 18.2 Å². The van der Waals surface area contributed by atoms with E-state index in [1.54, 1.807) is 23.9 Å². The van der Waals surface area contributed by atoms with Crippen molar-refractivity contribution in [1.29, 1.82) is 0 Å². The molecule has 1 aromatic carbocycles. The molecule has 2 N–H and O–H groups in total. The van der Waals surface area contributed by atoms with E-state index in [1.807, 2.05) is 6.92 Å². The summed E-state index contributed by atoms with van der Waals surface area (Å²) in [7, 11) is 0. The van der Waals surface area contributed by atoms with Gasteiger partial charge in [-0.15, -0.1) is 0 Å². The van der Waals surface area contributed by atoms with E-state index in [0.717, 1.165) is 16.9 Å². The van der Waals surface area contributed by atoms with Gasteiger partial charge >= 0.3 is 0 Å². The van der Waals surface area contributed by atoms with E-state index in [9.17, 15) is 4.39 Å². The molecule has 0 saturated carbocycles. The van der Waals surface area contributed by atoms with E-state index >= 15 is 0 Å². The minimum absolute atomic E-state index is 0.0973. The zero-order valence-electron chi connectivity index (χ0n) is 10.4. The van der Waals surface area contributed by atoms with Crippen molar-refractivity contribution in [3.63, 3.8) is 0 Å². The molecule has 90 valence electrons. The average molecular weight is 241 g/mol. The lowest BCUT2D eigenvalue weighted by Crippen LogP contribution is -2.19. The lowest BCUT2D eigenvalue weighted by molar-refractivity contribution is 0.621. The molecule has 0 radical (unpaired) electrons. The monoisotopic (exact) mass is 241 g/mol. The first-order chi connectivity index (χ1) is 7.29. The summed E-state index contributed by atoms with van der Waals surface area (Å²) in [6, 6.07) is 4.71.